The van der Waals surface area contributed by atoms with Crippen LogP contribution in [0.15, 0.2) is 24.3 Å². The molecule has 0 aliphatic heterocycles. The number of aromatic hydroxyl groups is 1. The largest absolute Gasteiger partial charge is 0.508 e. The molecule has 36 heavy (non-hydrogen) atoms. The maximum absolute atomic E-state index is 13.2. The van der Waals surface area contributed by atoms with Crippen LogP contribution in [0.25, 0.3) is 0 Å². The van der Waals surface area contributed by atoms with Crippen LogP contribution in [0.4, 0.5) is 0 Å². The van der Waals surface area contributed by atoms with Crippen LogP contribution in [-0.2, 0) is 25.6 Å². The van der Waals surface area contributed by atoms with E-state index < -0.39 is 47.9 Å². The summed E-state index contributed by atoms with van der Waals surface area (Å²) in [7, 11) is 0. The maximum atomic E-state index is 13.2. The molecule has 1 aromatic carbocycles. The summed E-state index contributed by atoms with van der Waals surface area (Å²) in [5.41, 5.74) is 12.1. The molecule has 9 N–H and O–H groups in total. The molecule has 0 bridgehead atoms. The van der Waals surface area contributed by atoms with Crippen molar-refractivity contribution < 1.29 is 29.4 Å². The van der Waals surface area contributed by atoms with Gasteiger partial charge in [-0.25, -0.2) is 4.79 Å². The standard InChI is InChI=1S/C23H37N5O6S2/c1-36-11-9-17(21(31)28-19(13-35)23(33)34)26-22(32)18(12-14-5-7-15(29)8-6-14)27-20(30)16(25)4-2-3-10-24/h5-8,16-19,29,35H,2-4,9-13,24-25H2,1H3,(H,26,32)(H,27,30)(H,28,31)(H,33,34). The number of thioether (sulfide) groups is 1. The molecule has 0 saturated carbocycles. The molecule has 0 spiro atoms. The summed E-state index contributed by atoms with van der Waals surface area (Å²) in [4.78, 5) is 50.0. The van der Waals surface area contributed by atoms with Crippen molar-refractivity contribution in [1.29, 1.82) is 0 Å². The van der Waals surface area contributed by atoms with E-state index in [2.05, 4.69) is 28.6 Å². The van der Waals surface area contributed by atoms with E-state index in [-0.39, 0.29) is 24.3 Å². The Morgan fingerprint density at radius 2 is 1.53 bits per heavy atom. The third-order valence-electron chi connectivity index (χ3n) is 5.36. The number of phenols is 1. The first kappa shape index (κ1) is 31.5. The van der Waals surface area contributed by atoms with Gasteiger partial charge in [0.05, 0.1) is 6.04 Å². The van der Waals surface area contributed by atoms with Gasteiger partial charge in [-0.1, -0.05) is 18.6 Å². The van der Waals surface area contributed by atoms with Gasteiger partial charge in [0.15, 0.2) is 0 Å². The summed E-state index contributed by atoms with van der Waals surface area (Å²) in [5.74, 6) is -2.58. The molecule has 0 fully saturated rings. The molecule has 13 heteroatoms. The van der Waals surface area contributed by atoms with E-state index in [1.54, 1.807) is 12.1 Å². The van der Waals surface area contributed by atoms with Gasteiger partial charge >= 0.3 is 5.97 Å². The van der Waals surface area contributed by atoms with Crippen LogP contribution in [0.1, 0.15) is 31.2 Å². The summed E-state index contributed by atoms with van der Waals surface area (Å²) >= 11 is 5.41. The van der Waals surface area contributed by atoms with Gasteiger partial charge in [-0.2, -0.15) is 24.4 Å². The molecular formula is C23H37N5O6S2. The van der Waals surface area contributed by atoms with Crippen molar-refractivity contribution in [1.82, 2.24) is 16.0 Å². The van der Waals surface area contributed by atoms with Gasteiger partial charge < -0.3 is 37.6 Å². The predicted molar refractivity (Wildman–Crippen MR) is 143 cm³/mol. The van der Waals surface area contributed by atoms with E-state index in [0.717, 1.165) is 0 Å². The summed E-state index contributed by atoms with van der Waals surface area (Å²) in [6, 6.07) is 2.01. The van der Waals surface area contributed by atoms with E-state index in [1.807, 2.05) is 6.26 Å². The molecule has 0 saturated heterocycles. The van der Waals surface area contributed by atoms with E-state index in [0.29, 0.717) is 37.1 Å². The third kappa shape index (κ3) is 11.5. The minimum absolute atomic E-state index is 0.0525. The molecular weight excluding hydrogens is 506 g/mol. The quantitative estimate of drug-likeness (QED) is 0.0953. The molecule has 11 nitrogen and oxygen atoms in total. The van der Waals surface area contributed by atoms with Gasteiger partial charge in [-0.15, -0.1) is 0 Å². The van der Waals surface area contributed by atoms with E-state index in [1.165, 1.54) is 23.9 Å². The number of nitrogens with two attached hydrogens (primary N) is 2. The molecule has 0 heterocycles. The van der Waals surface area contributed by atoms with Crippen molar-refractivity contribution in [2.45, 2.75) is 56.3 Å². The number of hydrogen-bond donors (Lipinski definition) is 8. The van der Waals surface area contributed by atoms with Crippen molar-refractivity contribution in [3.05, 3.63) is 29.8 Å². The number of aliphatic carboxylic acids is 1. The molecule has 202 valence electrons. The normalized spacial score (nSPS) is 14.2. The van der Waals surface area contributed by atoms with Gasteiger partial charge in [-0.3, -0.25) is 14.4 Å². The van der Waals surface area contributed by atoms with Gasteiger partial charge in [0.2, 0.25) is 17.7 Å². The average Bonchev–Trinajstić information content (AvgIpc) is 2.85. The lowest BCUT2D eigenvalue weighted by Gasteiger charge is -2.25. The Kier molecular flexibility index (Phi) is 14.9. The number of carbonyl (C=O) groups is 4. The first-order valence-electron chi connectivity index (χ1n) is 11.6. The molecule has 3 amide bonds. The molecule has 0 aliphatic carbocycles. The Hall–Kier alpha value is -2.48. The lowest BCUT2D eigenvalue weighted by Crippen LogP contribution is -2.58. The molecule has 0 aliphatic rings. The summed E-state index contributed by atoms with van der Waals surface area (Å²) < 4.78 is 0. The molecule has 1 aromatic rings. The number of nitrogens with one attached hydrogen (secondary N) is 3. The molecule has 4 atom stereocenters. The Morgan fingerprint density at radius 1 is 0.944 bits per heavy atom. The van der Waals surface area contributed by atoms with Gasteiger partial charge in [-0.05, 0) is 55.5 Å². The Balaban J connectivity index is 3.05. The SMILES string of the molecule is CSCCC(NC(=O)C(Cc1ccc(O)cc1)NC(=O)C(N)CCCCN)C(=O)NC(CS)C(=O)O. The number of phenolic OH excluding ortho intramolecular Hbond substituents is 1. The van der Waals surface area contributed by atoms with E-state index in [9.17, 15) is 29.4 Å². The number of carboxylic acid groups (broad SMARTS) is 1. The van der Waals surface area contributed by atoms with Crippen molar-refractivity contribution in [2.75, 3.05) is 24.3 Å². The number of carbonyl (C=O) groups excluding carboxylic acids is 3. The lowest BCUT2D eigenvalue weighted by atomic mass is 10.0. The smallest absolute Gasteiger partial charge is 0.327 e. The predicted octanol–water partition coefficient (Wildman–Crippen LogP) is -0.387. The Labute approximate surface area is 220 Å². The lowest BCUT2D eigenvalue weighted by molar-refractivity contribution is -0.141. The highest BCUT2D eigenvalue weighted by molar-refractivity contribution is 7.98. The number of thiol groups is 1. The number of unbranched alkanes of at least 4 members (excludes halogenated alkanes) is 1. The minimum atomic E-state index is -1.24. The topological polar surface area (TPSA) is 197 Å². The fourth-order valence-electron chi connectivity index (χ4n) is 3.23. The second kappa shape index (κ2) is 17.1. The summed E-state index contributed by atoms with van der Waals surface area (Å²) in [6.45, 7) is 0.482. The van der Waals surface area contributed by atoms with Crippen LogP contribution in [0.5, 0.6) is 5.75 Å². The Morgan fingerprint density at radius 3 is 2.08 bits per heavy atom. The van der Waals surface area contributed by atoms with Gasteiger partial charge in [0.25, 0.3) is 0 Å². The fraction of sp³-hybridized carbons (Fsp3) is 0.565. The van der Waals surface area contributed by atoms with Crippen LogP contribution < -0.4 is 27.4 Å². The number of hydrogen-bond acceptors (Lipinski definition) is 9. The van der Waals surface area contributed by atoms with Crippen LogP contribution in [-0.4, -0.2) is 82.4 Å². The van der Waals surface area contributed by atoms with Gasteiger partial charge in [0.1, 0.15) is 23.9 Å². The zero-order chi connectivity index (χ0) is 27.1. The number of rotatable bonds is 17. The zero-order valence-electron chi connectivity index (χ0n) is 20.3. The number of amides is 3. The van der Waals surface area contributed by atoms with Crippen LogP contribution in [0.2, 0.25) is 0 Å². The van der Waals surface area contributed by atoms with E-state index >= 15 is 0 Å². The zero-order valence-corrected chi connectivity index (χ0v) is 22.0. The minimum Gasteiger partial charge on any atom is -0.508 e. The summed E-state index contributed by atoms with van der Waals surface area (Å²) in [5, 5.41) is 26.5. The van der Waals surface area contributed by atoms with Crippen molar-refractivity contribution >= 4 is 48.1 Å². The second-order valence-corrected chi connectivity index (χ2v) is 9.60. The highest BCUT2D eigenvalue weighted by atomic mass is 32.2. The third-order valence-corrected chi connectivity index (χ3v) is 6.37. The second-order valence-electron chi connectivity index (χ2n) is 8.25. The van der Waals surface area contributed by atoms with Crippen LogP contribution >= 0.6 is 24.4 Å². The summed E-state index contributed by atoms with van der Waals surface area (Å²) in [6.07, 6.45) is 3.94. The molecule has 4 unspecified atom stereocenters. The van der Waals surface area contributed by atoms with Crippen molar-refractivity contribution in [2.24, 2.45) is 11.5 Å². The monoisotopic (exact) mass is 543 g/mol. The number of carboxylic acids is 1. The fourth-order valence-corrected chi connectivity index (χ4v) is 3.95. The van der Waals surface area contributed by atoms with Crippen molar-refractivity contribution in [3.63, 3.8) is 0 Å². The van der Waals surface area contributed by atoms with Crippen LogP contribution in [0.3, 0.4) is 0 Å². The van der Waals surface area contributed by atoms with Crippen molar-refractivity contribution in [3.8, 4) is 5.75 Å². The molecule has 0 radical (unpaired) electrons. The Bertz CT molecular complexity index is 858. The van der Waals surface area contributed by atoms with Crippen LogP contribution in [0, 0.1) is 0 Å². The molecule has 1 rings (SSSR count). The first-order valence-corrected chi connectivity index (χ1v) is 13.6. The van der Waals surface area contributed by atoms with E-state index in [4.69, 9.17) is 11.5 Å². The first-order chi connectivity index (χ1) is 17.1. The van der Waals surface area contributed by atoms with Gasteiger partial charge in [0, 0.05) is 12.2 Å². The molecule has 0 aromatic heterocycles. The maximum Gasteiger partial charge on any atom is 0.327 e. The number of benzene rings is 1. The average molecular weight is 544 g/mol. The highest BCUT2D eigenvalue weighted by Crippen LogP contribution is 2.12. The highest BCUT2D eigenvalue weighted by Gasteiger charge is 2.30.